The van der Waals surface area contributed by atoms with Crippen molar-refractivity contribution in [3.8, 4) is 6.07 Å². The topological polar surface area (TPSA) is 70.4 Å². The van der Waals surface area contributed by atoms with Crippen LogP contribution < -0.4 is 0 Å². The molecule has 0 bridgehead atoms. The van der Waals surface area contributed by atoms with Gasteiger partial charge in [0, 0.05) is 25.9 Å². The first kappa shape index (κ1) is 18.2. The molecule has 0 unspecified atom stereocenters. The van der Waals surface area contributed by atoms with Crippen LogP contribution in [0.2, 0.25) is 0 Å². The number of hydrogen-bond acceptors (Lipinski definition) is 4. The Bertz CT molecular complexity index is 473. The number of rotatable bonds is 4. The molecule has 1 atom stereocenters. The standard InChI is InChI=1S/C17H26N2O3/c1-5-9-17(10-7-11-18)13-19(12-6-8-14(17)20)15(21)22-16(2,3)4/h5H,1,6-10,12-13H2,2-4H3/t17-/m0/s1. The maximum Gasteiger partial charge on any atom is 0.410 e. The number of amides is 1. The molecule has 0 N–H and O–H groups in total. The van der Waals surface area contributed by atoms with Gasteiger partial charge in [0.2, 0.25) is 0 Å². The average Bonchev–Trinajstić information content (AvgIpc) is 2.56. The van der Waals surface area contributed by atoms with E-state index in [-0.39, 0.29) is 5.78 Å². The van der Waals surface area contributed by atoms with Gasteiger partial charge in [-0.1, -0.05) is 6.08 Å². The first-order valence-electron chi connectivity index (χ1n) is 7.73. The van der Waals surface area contributed by atoms with E-state index in [1.54, 1.807) is 11.0 Å². The summed E-state index contributed by atoms with van der Waals surface area (Å²) in [6.45, 7) is 10.00. The second-order valence-corrected chi connectivity index (χ2v) is 6.86. The lowest BCUT2D eigenvalue weighted by molar-refractivity contribution is -0.129. The minimum absolute atomic E-state index is 0.119. The first-order chi connectivity index (χ1) is 10.2. The zero-order valence-electron chi connectivity index (χ0n) is 13.9. The zero-order valence-corrected chi connectivity index (χ0v) is 13.9. The van der Waals surface area contributed by atoms with Crippen LogP contribution in [0.4, 0.5) is 4.79 Å². The lowest BCUT2D eigenvalue weighted by Crippen LogP contribution is -2.45. The molecule has 0 aromatic heterocycles. The Morgan fingerprint density at radius 1 is 1.55 bits per heavy atom. The SMILES string of the molecule is C=CC[C@]1(CCC#N)CN(C(=O)OC(C)(C)C)CCCC1=O. The van der Waals surface area contributed by atoms with E-state index in [9.17, 15) is 9.59 Å². The van der Waals surface area contributed by atoms with E-state index in [1.165, 1.54) is 0 Å². The van der Waals surface area contributed by atoms with Crippen LogP contribution in [0.15, 0.2) is 12.7 Å². The molecule has 1 amide bonds. The number of carbonyl (C=O) groups is 2. The molecule has 0 aromatic carbocycles. The molecule has 0 aliphatic carbocycles. The van der Waals surface area contributed by atoms with E-state index in [4.69, 9.17) is 10.00 Å². The maximum absolute atomic E-state index is 12.5. The van der Waals surface area contributed by atoms with E-state index in [1.807, 2.05) is 20.8 Å². The first-order valence-corrected chi connectivity index (χ1v) is 7.73. The molecule has 0 radical (unpaired) electrons. The van der Waals surface area contributed by atoms with E-state index in [0.29, 0.717) is 45.2 Å². The number of nitriles is 1. The number of ether oxygens (including phenoxy) is 1. The number of hydrogen-bond donors (Lipinski definition) is 0. The molecule has 122 valence electrons. The lowest BCUT2D eigenvalue weighted by Gasteiger charge is -2.34. The summed E-state index contributed by atoms with van der Waals surface area (Å²) in [7, 11) is 0. The molecule has 1 saturated heterocycles. The van der Waals surface area contributed by atoms with Gasteiger partial charge < -0.3 is 9.64 Å². The summed E-state index contributed by atoms with van der Waals surface area (Å²) in [6, 6.07) is 2.10. The summed E-state index contributed by atoms with van der Waals surface area (Å²) in [5.41, 5.74) is -1.27. The quantitative estimate of drug-likeness (QED) is 0.746. The van der Waals surface area contributed by atoms with Crippen molar-refractivity contribution < 1.29 is 14.3 Å². The van der Waals surface area contributed by atoms with Crippen molar-refractivity contribution in [1.29, 1.82) is 5.26 Å². The van der Waals surface area contributed by atoms with Crippen molar-refractivity contribution in [1.82, 2.24) is 4.90 Å². The molecule has 0 saturated carbocycles. The Morgan fingerprint density at radius 3 is 2.77 bits per heavy atom. The number of allylic oxidation sites excluding steroid dienone is 1. The molecule has 1 rings (SSSR count). The van der Waals surface area contributed by atoms with Crippen molar-refractivity contribution in [3.63, 3.8) is 0 Å². The highest BCUT2D eigenvalue weighted by molar-refractivity contribution is 5.86. The van der Waals surface area contributed by atoms with Crippen LogP contribution in [0.1, 0.15) is 52.9 Å². The molecule has 1 fully saturated rings. The Kier molecular flexibility index (Phi) is 6.16. The van der Waals surface area contributed by atoms with Crippen LogP contribution in [0, 0.1) is 16.7 Å². The van der Waals surface area contributed by atoms with Gasteiger partial charge in [-0.05, 0) is 40.0 Å². The highest BCUT2D eigenvalue weighted by Crippen LogP contribution is 2.35. The predicted octanol–water partition coefficient (Wildman–Crippen LogP) is 3.45. The fraction of sp³-hybridized carbons (Fsp3) is 0.706. The van der Waals surface area contributed by atoms with Crippen molar-refractivity contribution in [2.75, 3.05) is 13.1 Å². The van der Waals surface area contributed by atoms with Crippen LogP contribution >= 0.6 is 0 Å². The van der Waals surface area contributed by atoms with Crippen LogP contribution in [0.3, 0.4) is 0 Å². The minimum Gasteiger partial charge on any atom is -0.444 e. The number of ketones is 1. The second-order valence-electron chi connectivity index (χ2n) is 6.86. The van der Waals surface area contributed by atoms with Gasteiger partial charge in [-0.15, -0.1) is 6.58 Å². The third-order valence-electron chi connectivity index (χ3n) is 3.82. The van der Waals surface area contributed by atoms with E-state index in [0.717, 1.165) is 0 Å². The molecule has 1 aliphatic rings. The van der Waals surface area contributed by atoms with Crippen molar-refractivity contribution >= 4 is 11.9 Å². The summed E-state index contributed by atoms with van der Waals surface area (Å²) in [5.74, 6) is 0.119. The predicted molar refractivity (Wildman–Crippen MR) is 84.1 cm³/mol. The van der Waals surface area contributed by atoms with Crippen molar-refractivity contribution in [3.05, 3.63) is 12.7 Å². The highest BCUT2D eigenvalue weighted by Gasteiger charge is 2.41. The monoisotopic (exact) mass is 306 g/mol. The van der Waals surface area contributed by atoms with Gasteiger partial charge in [-0.3, -0.25) is 4.79 Å². The normalized spacial score (nSPS) is 22.6. The Morgan fingerprint density at radius 2 is 2.23 bits per heavy atom. The number of likely N-dealkylation sites (tertiary alicyclic amines) is 1. The van der Waals surface area contributed by atoms with Crippen molar-refractivity contribution in [2.24, 2.45) is 5.41 Å². The number of nitrogens with zero attached hydrogens (tertiary/aromatic N) is 2. The molecule has 0 spiro atoms. The Labute approximate surface area is 132 Å². The van der Waals surface area contributed by atoms with Crippen LogP contribution in [0.25, 0.3) is 0 Å². The van der Waals surface area contributed by atoms with E-state index >= 15 is 0 Å². The summed E-state index contributed by atoms with van der Waals surface area (Å²) in [6.07, 6.45) is 3.59. The molecular formula is C17H26N2O3. The van der Waals surface area contributed by atoms with Crippen LogP contribution in [0.5, 0.6) is 0 Å². The van der Waals surface area contributed by atoms with Gasteiger partial charge >= 0.3 is 6.09 Å². The van der Waals surface area contributed by atoms with Crippen molar-refractivity contribution in [2.45, 2.75) is 58.5 Å². The number of Topliss-reactive ketones (excluding diaryl/α,β-unsaturated/α-hetero) is 1. The second kappa shape index (κ2) is 7.44. The maximum atomic E-state index is 12.5. The van der Waals surface area contributed by atoms with Gasteiger partial charge in [0.25, 0.3) is 0 Å². The summed E-state index contributed by atoms with van der Waals surface area (Å²) in [5, 5.41) is 8.87. The fourth-order valence-electron chi connectivity index (χ4n) is 2.78. The van der Waals surface area contributed by atoms with Gasteiger partial charge in [0.1, 0.15) is 11.4 Å². The molecule has 0 aromatic rings. The van der Waals surface area contributed by atoms with Crippen LogP contribution in [-0.2, 0) is 9.53 Å². The minimum atomic E-state index is -0.703. The third-order valence-corrected chi connectivity index (χ3v) is 3.82. The van der Waals surface area contributed by atoms with Gasteiger partial charge in [0.15, 0.2) is 0 Å². The molecule has 1 heterocycles. The Hall–Kier alpha value is -1.83. The van der Waals surface area contributed by atoms with Crippen LogP contribution in [-0.4, -0.2) is 35.5 Å². The summed E-state index contributed by atoms with van der Waals surface area (Å²) >= 11 is 0. The third kappa shape index (κ3) is 4.87. The lowest BCUT2D eigenvalue weighted by atomic mass is 9.75. The Balaban J connectivity index is 2.98. The van der Waals surface area contributed by atoms with Gasteiger partial charge in [0.05, 0.1) is 11.5 Å². The molecule has 5 nitrogen and oxygen atoms in total. The smallest absolute Gasteiger partial charge is 0.410 e. The van der Waals surface area contributed by atoms with Gasteiger partial charge in [-0.25, -0.2) is 4.79 Å². The average molecular weight is 306 g/mol. The number of carbonyl (C=O) groups excluding carboxylic acids is 2. The van der Waals surface area contributed by atoms with E-state index < -0.39 is 17.1 Å². The van der Waals surface area contributed by atoms with E-state index in [2.05, 4.69) is 12.6 Å². The van der Waals surface area contributed by atoms with Gasteiger partial charge in [-0.2, -0.15) is 5.26 Å². The fourth-order valence-corrected chi connectivity index (χ4v) is 2.78. The summed E-state index contributed by atoms with van der Waals surface area (Å²) < 4.78 is 5.43. The molecule has 22 heavy (non-hydrogen) atoms. The molecule has 5 heteroatoms. The molecular weight excluding hydrogens is 280 g/mol. The highest BCUT2D eigenvalue weighted by atomic mass is 16.6. The zero-order chi connectivity index (χ0) is 16.8. The largest absolute Gasteiger partial charge is 0.444 e. The molecule has 1 aliphatic heterocycles. The summed E-state index contributed by atoms with van der Waals surface area (Å²) in [4.78, 5) is 26.5.